The van der Waals surface area contributed by atoms with Gasteiger partial charge in [0.05, 0.1) is 5.69 Å². The summed E-state index contributed by atoms with van der Waals surface area (Å²) >= 11 is 0. The normalized spacial score (nSPS) is 18.9. The average molecular weight is 314 g/mol. The first-order chi connectivity index (χ1) is 11.0. The Morgan fingerprint density at radius 2 is 2.00 bits per heavy atom. The van der Waals surface area contributed by atoms with Crippen molar-refractivity contribution in [2.24, 2.45) is 0 Å². The van der Waals surface area contributed by atoms with Gasteiger partial charge in [0.2, 0.25) is 0 Å². The van der Waals surface area contributed by atoms with Crippen LogP contribution in [0.5, 0.6) is 0 Å². The molecule has 1 aliphatic heterocycles. The SMILES string of the molecule is Cc1cc(-c2cc(C)c(N[C@@H]3CCCN(C)C3)nn2)ccc1F. The largest absolute Gasteiger partial charge is 0.364 e. The van der Waals surface area contributed by atoms with E-state index in [0.29, 0.717) is 11.6 Å². The monoisotopic (exact) mass is 314 g/mol. The fraction of sp³-hybridized carbons (Fsp3) is 0.444. The molecule has 3 rings (SSSR count). The van der Waals surface area contributed by atoms with Crippen LogP contribution >= 0.6 is 0 Å². The van der Waals surface area contributed by atoms with E-state index in [-0.39, 0.29) is 5.82 Å². The number of nitrogens with one attached hydrogen (secondary N) is 1. The number of nitrogens with zero attached hydrogens (tertiary/aromatic N) is 3. The Morgan fingerprint density at radius 1 is 1.17 bits per heavy atom. The van der Waals surface area contributed by atoms with E-state index in [9.17, 15) is 4.39 Å². The van der Waals surface area contributed by atoms with Crippen molar-refractivity contribution in [3.8, 4) is 11.3 Å². The molecule has 0 radical (unpaired) electrons. The zero-order valence-corrected chi connectivity index (χ0v) is 13.9. The van der Waals surface area contributed by atoms with Gasteiger partial charge in [-0.25, -0.2) is 4.39 Å². The molecule has 1 saturated heterocycles. The number of likely N-dealkylation sites (tertiary alicyclic amines) is 1. The lowest BCUT2D eigenvalue weighted by molar-refractivity contribution is 0.260. The summed E-state index contributed by atoms with van der Waals surface area (Å²) in [5.41, 5.74) is 3.35. The topological polar surface area (TPSA) is 41.0 Å². The number of aromatic nitrogens is 2. The molecule has 1 aromatic heterocycles. The summed E-state index contributed by atoms with van der Waals surface area (Å²) in [6.07, 6.45) is 2.36. The second-order valence-corrected chi connectivity index (χ2v) is 6.47. The highest BCUT2D eigenvalue weighted by Crippen LogP contribution is 2.23. The molecule has 23 heavy (non-hydrogen) atoms. The van der Waals surface area contributed by atoms with Crippen LogP contribution in [0.25, 0.3) is 11.3 Å². The molecule has 1 aromatic carbocycles. The van der Waals surface area contributed by atoms with Crippen LogP contribution < -0.4 is 5.32 Å². The van der Waals surface area contributed by atoms with Crippen LogP contribution in [-0.2, 0) is 0 Å². The van der Waals surface area contributed by atoms with Crippen LogP contribution in [0.3, 0.4) is 0 Å². The van der Waals surface area contributed by atoms with Crippen LogP contribution in [-0.4, -0.2) is 41.3 Å². The van der Waals surface area contributed by atoms with E-state index in [1.165, 1.54) is 12.5 Å². The van der Waals surface area contributed by atoms with Crippen molar-refractivity contribution >= 4 is 5.82 Å². The average Bonchev–Trinajstić information content (AvgIpc) is 2.52. The van der Waals surface area contributed by atoms with Crippen LogP contribution in [0.2, 0.25) is 0 Å². The van der Waals surface area contributed by atoms with Crippen LogP contribution in [0.4, 0.5) is 10.2 Å². The fourth-order valence-electron chi connectivity index (χ4n) is 3.05. The number of likely N-dealkylation sites (N-methyl/N-ethyl adjacent to an activating group) is 1. The van der Waals surface area contributed by atoms with Gasteiger partial charge in [-0.15, -0.1) is 10.2 Å². The Hall–Kier alpha value is -2.01. The van der Waals surface area contributed by atoms with E-state index >= 15 is 0 Å². The second-order valence-electron chi connectivity index (χ2n) is 6.47. The molecular formula is C18H23FN4. The van der Waals surface area contributed by atoms with E-state index < -0.39 is 0 Å². The molecule has 0 bridgehead atoms. The number of piperidine rings is 1. The number of rotatable bonds is 3. The zero-order chi connectivity index (χ0) is 16.4. The van der Waals surface area contributed by atoms with Gasteiger partial charge in [-0.05, 0) is 75.7 Å². The molecule has 2 aromatic rings. The van der Waals surface area contributed by atoms with Gasteiger partial charge in [-0.2, -0.15) is 0 Å². The van der Waals surface area contributed by atoms with Crippen molar-refractivity contribution in [1.82, 2.24) is 15.1 Å². The van der Waals surface area contributed by atoms with E-state index in [4.69, 9.17) is 0 Å². The summed E-state index contributed by atoms with van der Waals surface area (Å²) in [7, 11) is 2.15. The minimum Gasteiger partial charge on any atom is -0.364 e. The summed E-state index contributed by atoms with van der Waals surface area (Å²) in [6.45, 7) is 5.98. The maximum absolute atomic E-state index is 13.4. The number of halogens is 1. The van der Waals surface area contributed by atoms with Gasteiger partial charge >= 0.3 is 0 Å². The third-order valence-corrected chi connectivity index (χ3v) is 4.40. The van der Waals surface area contributed by atoms with Crippen molar-refractivity contribution in [3.05, 3.63) is 41.2 Å². The summed E-state index contributed by atoms with van der Waals surface area (Å²) in [5.74, 6) is 0.644. The molecule has 2 heterocycles. The molecule has 1 N–H and O–H groups in total. The van der Waals surface area contributed by atoms with E-state index in [2.05, 4.69) is 27.5 Å². The van der Waals surface area contributed by atoms with E-state index in [1.807, 2.05) is 19.1 Å². The maximum atomic E-state index is 13.4. The molecule has 0 saturated carbocycles. The summed E-state index contributed by atoms with van der Waals surface area (Å²) in [5, 5.41) is 12.2. The number of anilines is 1. The van der Waals surface area contributed by atoms with Gasteiger partial charge in [0.1, 0.15) is 5.82 Å². The molecule has 1 atom stereocenters. The van der Waals surface area contributed by atoms with Gasteiger partial charge < -0.3 is 10.2 Å². The van der Waals surface area contributed by atoms with Gasteiger partial charge in [-0.1, -0.05) is 0 Å². The first-order valence-corrected chi connectivity index (χ1v) is 8.09. The first kappa shape index (κ1) is 15.9. The number of hydrogen-bond donors (Lipinski definition) is 1. The molecule has 4 nitrogen and oxygen atoms in total. The van der Waals surface area contributed by atoms with E-state index in [0.717, 1.165) is 42.1 Å². The Labute approximate surface area is 136 Å². The molecule has 5 heteroatoms. The third-order valence-electron chi connectivity index (χ3n) is 4.40. The minimum absolute atomic E-state index is 0.196. The van der Waals surface area contributed by atoms with E-state index in [1.54, 1.807) is 13.0 Å². The highest BCUT2D eigenvalue weighted by Gasteiger charge is 2.18. The minimum atomic E-state index is -0.196. The van der Waals surface area contributed by atoms with Gasteiger partial charge in [0.25, 0.3) is 0 Å². The fourth-order valence-corrected chi connectivity index (χ4v) is 3.05. The second kappa shape index (κ2) is 6.62. The van der Waals surface area contributed by atoms with Crippen molar-refractivity contribution in [3.63, 3.8) is 0 Å². The molecule has 0 amide bonds. The Bertz CT molecular complexity index is 701. The lowest BCUT2D eigenvalue weighted by atomic mass is 10.1. The molecule has 1 fully saturated rings. The summed E-state index contributed by atoms with van der Waals surface area (Å²) in [6, 6.07) is 7.46. The van der Waals surface area contributed by atoms with Crippen LogP contribution in [0.1, 0.15) is 24.0 Å². The molecule has 1 aliphatic rings. The quantitative estimate of drug-likeness (QED) is 0.942. The standard InChI is InChI=1S/C18H23FN4/c1-12-9-14(6-7-16(12)19)17-10-13(2)18(22-21-17)20-15-5-4-8-23(3)11-15/h6-7,9-10,15H,4-5,8,11H2,1-3H3,(H,20,22)/t15-/m1/s1. The Kier molecular flexibility index (Phi) is 4.57. The van der Waals surface area contributed by atoms with Crippen LogP contribution in [0, 0.1) is 19.7 Å². The Balaban J connectivity index is 1.78. The molecule has 0 spiro atoms. The number of aryl methyl sites for hydroxylation is 2. The molecule has 0 aliphatic carbocycles. The Morgan fingerprint density at radius 3 is 2.70 bits per heavy atom. The highest BCUT2D eigenvalue weighted by molar-refractivity contribution is 5.62. The molecule has 122 valence electrons. The highest BCUT2D eigenvalue weighted by atomic mass is 19.1. The molecular weight excluding hydrogens is 291 g/mol. The van der Waals surface area contributed by atoms with Crippen molar-refractivity contribution in [2.75, 3.05) is 25.5 Å². The zero-order valence-electron chi connectivity index (χ0n) is 13.9. The van der Waals surface area contributed by atoms with Crippen molar-refractivity contribution < 1.29 is 4.39 Å². The number of benzene rings is 1. The first-order valence-electron chi connectivity index (χ1n) is 8.09. The predicted octanol–water partition coefficient (Wildman–Crippen LogP) is 3.41. The molecule has 0 unspecified atom stereocenters. The summed E-state index contributed by atoms with van der Waals surface area (Å²) in [4.78, 5) is 2.33. The van der Waals surface area contributed by atoms with Crippen LogP contribution in [0.15, 0.2) is 24.3 Å². The third kappa shape index (κ3) is 3.67. The van der Waals surface area contributed by atoms with Crippen molar-refractivity contribution in [1.29, 1.82) is 0 Å². The number of hydrogen-bond acceptors (Lipinski definition) is 4. The van der Waals surface area contributed by atoms with Crippen molar-refractivity contribution in [2.45, 2.75) is 32.7 Å². The maximum Gasteiger partial charge on any atom is 0.151 e. The van der Waals surface area contributed by atoms with Gasteiger partial charge in [0.15, 0.2) is 5.82 Å². The van der Waals surface area contributed by atoms with Gasteiger partial charge in [-0.3, -0.25) is 0 Å². The summed E-state index contributed by atoms with van der Waals surface area (Å²) < 4.78 is 13.4. The smallest absolute Gasteiger partial charge is 0.151 e. The van der Waals surface area contributed by atoms with Gasteiger partial charge in [0, 0.05) is 18.2 Å². The lowest BCUT2D eigenvalue weighted by Gasteiger charge is -2.30. The predicted molar refractivity (Wildman–Crippen MR) is 91.0 cm³/mol. The lowest BCUT2D eigenvalue weighted by Crippen LogP contribution is -2.40.